The SMILES string of the molecule is CCCC(C)(O)CNC(=O)CCC(N)c1ccccc1. The van der Waals surface area contributed by atoms with Gasteiger partial charge in [0.05, 0.1) is 5.60 Å². The Balaban J connectivity index is 2.30. The smallest absolute Gasteiger partial charge is 0.220 e. The molecule has 1 rings (SSSR count). The second-order valence-corrected chi connectivity index (χ2v) is 5.58. The van der Waals surface area contributed by atoms with Crippen molar-refractivity contribution in [1.29, 1.82) is 0 Å². The van der Waals surface area contributed by atoms with Crippen molar-refractivity contribution in [2.24, 2.45) is 5.73 Å². The number of aliphatic hydroxyl groups is 1. The molecule has 4 nitrogen and oxygen atoms in total. The van der Waals surface area contributed by atoms with Gasteiger partial charge in [0.1, 0.15) is 0 Å². The third-order valence-electron chi connectivity index (χ3n) is 3.37. The first-order valence-corrected chi connectivity index (χ1v) is 7.24. The minimum absolute atomic E-state index is 0.0623. The molecule has 1 amide bonds. The van der Waals surface area contributed by atoms with Gasteiger partial charge in [0, 0.05) is 19.0 Å². The molecule has 0 fully saturated rings. The van der Waals surface area contributed by atoms with Crippen LogP contribution in [0.25, 0.3) is 0 Å². The summed E-state index contributed by atoms with van der Waals surface area (Å²) < 4.78 is 0. The van der Waals surface area contributed by atoms with Crippen LogP contribution in [0.4, 0.5) is 0 Å². The Morgan fingerprint density at radius 2 is 2.05 bits per heavy atom. The van der Waals surface area contributed by atoms with Crippen LogP contribution < -0.4 is 11.1 Å². The van der Waals surface area contributed by atoms with Gasteiger partial charge in [0.25, 0.3) is 0 Å². The van der Waals surface area contributed by atoms with Crippen molar-refractivity contribution in [3.8, 4) is 0 Å². The third kappa shape index (κ3) is 6.17. The van der Waals surface area contributed by atoms with Crippen LogP contribution in [0.2, 0.25) is 0 Å². The summed E-state index contributed by atoms with van der Waals surface area (Å²) in [6.45, 7) is 4.04. The summed E-state index contributed by atoms with van der Waals surface area (Å²) in [4.78, 5) is 11.8. The number of benzene rings is 1. The van der Waals surface area contributed by atoms with E-state index in [0.717, 1.165) is 12.0 Å². The normalized spacial score (nSPS) is 15.4. The third-order valence-corrected chi connectivity index (χ3v) is 3.37. The molecule has 0 aromatic heterocycles. The summed E-state index contributed by atoms with van der Waals surface area (Å²) in [6.07, 6.45) is 2.54. The van der Waals surface area contributed by atoms with Crippen LogP contribution in [0, 0.1) is 0 Å². The molecule has 112 valence electrons. The van der Waals surface area contributed by atoms with Crippen molar-refractivity contribution in [3.05, 3.63) is 35.9 Å². The summed E-state index contributed by atoms with van der Waals surface area (Å²) in [6, 6.07) is 9.63. The minimum atomic E-state index is -0.827. The van der Waals surface area contributed by atoms with Gasteiger partial charge in [-0.3, -0.25) is 4.79 Å². The van der Waals surface area contributed by atoms with Crippen LogP contribution in [-0.2, 0) is 4.79 Å². The highest BCUT2D eigenvalue weighted by Gasteiger charge is 2.19. The molecule has 2 atom stereocenters. The van der Waals surface area contributed by atoms with Crippen molar-refractivity contribution in [1.82, 2.24) is 5.32 Å². The Kier molecular flexibility index (Phi) is 6.68. The van der Waals surface area contributed by atoms with Gasteiger partial charge in [-0.1, -0.05) is 43.7 Å². The molecule has 0 aliphatic heterocycles. The fraction of sp³-hybridized carbons (Fsp3) is 0.562. The Hall–Kier alpha value is -1.39. The van der Waals surface area contributed by atoms with E-state index in [1.165, 1.54) is 0 Å². The summed E-state index contributed by atoms with van der Waals surface area (Å²) in [5, 5.41) is 12.7. The molecular weight excluding hydrogens is 252 g/mol. The molecule has 20 heavy (non-hydrogen) atoms. The number of rotatable bonds is 8. The van der Waals surface area contributed by atoms with Gasteiger partial charge in [-0.05, 0) is 25.3 Å². The maximum atomic E-state index is 11.8. The molecule has 1 aromatic carbocycles. The maximum Gasteiger partial charge on any atom is 0.220 e. The molecule has 2 unspecified atom stereocenters. The molecule has 1 aromatic rings. The summed E-state index contributed by atoms with van der Waals surface area (Å²) in [5.41, 5.74) is 6.26. The Morgan fingerprint density at radius 3 is 2.65 bits per heavy atom. The van der Waals surface area contributed by atoms with Crippen molar-refractivity contribution in [2.45, 2.75) is 51.2 Å². The van der Waals surface area contributed by atoms with E-state index in [0.29, 0.717) is 25.8 Å². The summed E-state index contributed by atoms with van der Waals surface area (Å²) in [5.74, 6) is -0.0623. The molecule has 4 N–H and O–H groups in total. The van der Waals surface area contributed by atoms with E-state index in [2.05, 4.69) is 5.32 Å². The number of hydrogen-bond donors (Lipinski definition) is 3. The highest BCUT2D eigenvalue weighted by Crippen LogP contribution is 2.15. The number of amides is 1. The van der Waals surface area contributed by atoms with Crippen LogP contribution in [0.15, 0.2) is 30.3 Å². The topological polar surface area (TPSA) is 75.3 Å². The second kappa shape index (κ2) is 8.02. The number of carbonyl (C=O) groups excluding carboxylic acids is 1. The van der Waals surface area contributed by atoms with Crippen molar-refractivity contribution < 1.29 is 9.90 Å². The van der Waals surface area contributed by atoms with E-state index < -0.39 is 5.60 Å². The number of hydrogen-bond acceptors (Lipinski definition) is 3. The van der Waals surface area contributed by atoms with Gasteiger partial charge in [0.15, 0.2) is 0 Å². The Labute approximate surface area is 121 Å². The number of carbonyl (C=O) groups is 1. The summed E-state index contributed by atoms with van der Waals surface area (Å²) in [7, 11) is 0. The maximum absolute atomic E-state index is 11.8. The molecular formula is C16H26N2O2. The van der Waals surface area contributed by atoms with E-state index in [-0.39, 0.29) is 11.9 Å². The molecule has 0 aliphatic carbocycles. The van der Waals surface area contributed by atoms with Crippen LogP contribution in [0.3, 0.4) is 0 Å². The molecule has 0 aliphatic rings. The lowest BCUT2D eigenvalue weighted by atomic mass is 10.0. The first-order valence-electron chi connectivity index (χ1n) is 7.24. The monoisotopic (exact) mass is 278 g/mol. The van der Waals surface area contributed by atoms with Gasteiger partial charge in [-0.25, -0.2) is 0 Å². The van der Waals surface area contributed by atoms with E-state index in [1.54, 1.807) is 6.92 Å². The Morgan fingerprint density at radius 1 is 1.40 bits per heavy atom. The van der Waals surface area contributed by atoms with Crippen LogP contribution in [-0.4, -0.2) is 23.2 Å². The fourth-order valence-electron chi connectivity index (χ4n) is 2.16. The molecule has 0 radical (unpaired) electrons. The predicted molar refractivity (Wildman–Crippen MR) is 81.1 cm³/mol. The first-order chi connectivity index (χ1) is 9.44. The average Bonchev–Trinajstić information content (AvgIpc) is 2.43. The van der Waals surface area contributed by atoms with Crippen molar-refractivity contribution in [3.63, 3.8) is 0 Å². The molecule has 4 heteroatoms. The predicted octanol–water partition coefficient (Wildman–Crippen LogP) is 2.13. The minimum Gasteiger partial charge on any atom is -0.388 e. The lowest BCUT2D eigenvalue weighted by Gasteiger charge is -2.23. The second-order valence-electron chi connectivity index (χ2n) is 5.58. The van der Waals surface area contributed by atoms with E-state index >= 15 is 0 Å². The van der Waals surface area contributed by atoms with E-state index in [4.69, 9.17) is 5.73 Å². The zero-order valence-electron chi connectivity index (χ0n) is 12.4. The van der Waals surface area contributed by atoms with Crippen molar-refractivity contribution in [2.75, 3.05) is 6.54 Å². The number of nitrogens with two attached hydrogens (primary N) is 1. The standard InChI is InChI=1S/C16H26N2O2/c1-3-11-16(2,20)12-18-15(19)10-9-14(17)13-7-5-4-6-8-13/h4-8,14,20H,3,9-12,17H2,1-2H3,(H,18,19). The van der Waals surface area contributed by atoms with Crippen molar-refractivity contribution >= 4 is 5.91 Å². The lowest BCUT2D eigenvalue weighted by Crippen LogP contribution is -2.40. The van der Waals surface area contributed by atoms with Crippen LogP contribution in [0.1, 0.15) is 51.1 Å². The van der Waals surface area contributed by atoms with Gasteiger partial charge >= 0.3 is 0 Å². The van der Waals surface area contributed by atoms with Gasteiger partial charge in [0.2, 0.25) is 5.91 Å². The van der Waals surface area contributed by atoms with Gasteiger partial charge in [-0.15, -0.1) is 0 Å². The molecule has 0 spiro atoms. The zero-order chi connectivity index (χ0) is 15.0. The molecule has 0 heterocycles. The van der Waals surface area contributed by atoms with E-state index in [1.807, 2.05) is 37.3 Å². The fourth-order valence-corrected chi connectivity index (χ4v) is 2.16. The zero-order valence-corrected chi connectivity index (χ0v) is 12.4. The highest BCUT2D eigenvalue weighted by atomic mass is 16.3. The highest BCUT2D eigenvalue weighted by molar-refractivity contribution is 5.76. The largest absolute Gasteiger partial charge is 0.388 e. The molecule has 0 saturated carbocycles. The van der Waals surface area contributed by atoms with Gasteiger partial charge < -0.3 is 16.2 Å². The molecule has 0 bridgehead atoms. The quantitative estimate of drug-likeness (QED) is 0.682. The molecule has 0 saturated heterocycles. The lowest BCUT2D eigenvalue weighted by molar-refractivity contribution is -0.122. The number of nitrogens with one attached hydrogen (secondary N) is 1. The van der Waals surface area contributed by atoms with E-state index in [9.17, 15) is 9.90 Å². The van der Waals surface area contributed by atoms with Gasteiger partial charge in [-0.2, -0.15) is 0 Å². The average molecular weight is 278 g/mol. The summed E-state index contributed by atoms with van der Waals surface area (Å²) >= 11 is 0. The van der Waals surface area contributed by atoms with Crippen LogP contribution >= 0.6 is 0 Å². The first kappa shape index (κ1) is 16.7. The van der Waals surface area contributed by atoms with Crippen LogP contribution in [0.5, 0.6) is 0 Å². The Bertz CT molecular complexity index is 404.